The van der Waals surface area contributed by atoms with Gasteiger partial charge in [0.25, 0.3) is 0 Å². The Hall–Kier alpha value is -0.150. The van der Waals surface area contributed by atoms with Gasteiger partial charge in [-0.15, -0.1) is 0 Å². The second-order valence-electron chi connectivity index (χ2n) is 4.67. The minimum absolute atomic E-state index is 0.0952. The molecule has 0 spiro atoms. The van der Waals surface area contributed by atoms with Gasteiger partial charge in [-0.25, -0.2) is 4.39 Å². The maximum Gasteiger partial charge on any atom is 0.138 e. The fourth-order valence-electron chi connectivity index (χ4n) is 2.66. The molecule has 0 aliphatic carbocycles. The first-order chi connectivity index (χ1) is 6.81. The summed E-state index contributed by atoms with van der Waals surface area (Å²) in [5.74, 6) is 0. The molecule has 2 N–H and O–H groups in total. The molecule has 0 saturated carbocycles. The molecule has 0 aromatic rings. The molecular formula is C11H21FN2. The minimum atomic E-state index is -0.984. The summed E-state index contributed by atoms with van der Waals surface area (Å²) < 4.78 is 14.5. The van der Waals surface area contributed by atoms with Crippen molar-refractivity contribution in [3.8, 4) is 0 Å². The molecule has 2 rings (SSSR count). The van der Waals surface area contributed by atoms with E-state index in [1.54, 1.807) is 0 Å². The predicted molar refractivity (Wildman–Crippen MR) is 56.2 cm³/mol. The van der Waals surface area contributed by atoms with E-state index < -0.39 is 5.67 Å². The van der Waals surface area contributed by atoms with Gasteiger partial charge in [0.1, 0.15) is 5.67 Å². The highest BCUT2D eigenvalue weighted by Gasteiger charge is 2.39. The van der Waals surface area contributed by atoms with Gasteiger partial charge in [0, 0.05) is 12.6 Å². The maximum absolute atomic E-state index is 14.5. The molecule has 0 bridgehead atoms. The van der Waals surface area contributed by atoms with Crippen molar-refractivity contribution in [3.05, 3.63) is 0 Å². The van der Waals surface area contributed by atoms with Gasteiger partial charge in [-0.3, -0.25) is 0 Å². The van der Waals surface area contributed by atoms with E-state index in [-0.39, 0.29) is 6.04 Å². The highest BCUT2D eigenvalue weighted by atomic mass is 19.1. The van der Waals surface area contributed by atoms with Gasteiger partial charge < -0.3 is 10.6 Å². The predicted octanol–water partition coefficient (Wildman–Crippen LogP) is 1.61. The molecule has 2 aliphatic heterocycles. The van der Waals surface area contributed by atoms with E-state index in [9.17, 15) is 4.39 Å². The molecule has 2 fully saturated rings. The van der Waals surface area contributed by atoms with Crippen molar-refractivity contribution in [1.29, 1.82) is 0 Å². The van der Waals surface area contributed by atoms with Gasteiger partial charge in [0.15, 0.2) is 0 Å². The molecule has 2 unspecified atom stereocenters. The van der Waals surface area contributed by atoms with Gasteiger partial charge >= 0.3 is 0 Å². The second-order valence-corrected chi connectivity index (χ2v) is 4.67. The van der Waals surface area contributed by atoms with E-state index in [4.69, 9.17) is 0 Å². The fourth-order valence-corrected chi connectivity index (χ4v) is 2.66. The molecule has 2 atom stereocenters. The SMILES string of the molecule is FC1(C2CCCCCN2)CCCNC1. The van der Waals surface area contributed by atoms with Crippen LogP contribution >= 0.6 is 0 Å². The summed E-state index contributed by atoms with van der Waals surface area (Å²) in [6, 6.07) is 0.0952. The Bertz CT molecular complexity index is 170. The Labute approximate surface area is 85.6 Å². The Morgan fingerprint density at radius 3 is 2.79 bits per heavy atom. The van der Waals surface area contributed by atoms with Crippen LogP contribution in [-0.4, -0.2) is 31.3 Å². The van der Waals surface area contributed by atoms with Crippen LogP contribution in [0.2, 0.25) is 0 Å². The maximum atomic E-state index is 14.5. The molecule has 2 aliphatic rings. The van der Waals surface area contributed by atoms with Crippen molar-refractivity contribution in [2.24, 2.45) is 0 Å². The third kappa shape index (κ3) is 2.26. The van der Waals surface area contributed by atoms with Crippen LogP contribution in [0.15, 0.2) is 0 Å². The summed E-state index contributed by atoms with van der Waals surface area (Å²) in [6.07, 6.45) is 6.38. The van der Waals surface area contributed by atoms with Crippen molar-refractivity contribution < 1.29 is 4.39 Å². The van der Waals surface area contributed by atoms with Crippen LogP contribution in [-0.2, 0) is 0 Å². The van der Waals surface area contributed by atoms with Crippen molar-refractivity contribution >= 4 is 0 Å². The standard InChI is InChI=1S/C11H21FN2/c12-11(6-4-7-13-9-11)10-5-2-1-3-8-14-10/h10,13-14H,1-9H2. The lowest BCUT2D eigenvalue weighted by molar-refractivity contribution is 0.0712. The summed E-state index contributed by atoms with van der Waals surface area (Å²) in [4.78, 5) is 0. The van der Waals surface area contributed by atoms with Crippen molar-refractivity contribution in [2.45, 2.75) is 50.2 Å². The molecule has 14 heavy (non-hydrogen) atoms. The van der Waals surface area contributed by atoms with Gasteiger partial charge in [0.2, 0.25) is 0 Å². The number of halogens is 1. The molecule has 3 heteroatoms. The normalized spacial score (nSPS) is 40.5. The van der Waals surface area contributed by atoms with Gasteiger partial charge in [-0.2, -0.15) is 0 Å². The van der Waals surface area contributed by atoms with Crippen molar-refractivity contribution in [2.75, 3.05) is 19.6 Å². The number of rotatable bonds is 1. The number of alkyl halides is 1. The number of piperidine rings is 1. The van der Waals surface area contributed by atoms with E-state index >= 15 is 0 Å². The summed E-state index contributed by atoms with van der Waals surface area (Å²) in [6.45, 7) is 2.53. The molecular weight excluding hydrogens is 179 g/mol. The second kappa shape index (κ2) is 4.58. The number of hydrogen-bond donors (Lipinski definition) is 2. The highest BCUT2D eigenvalue weighted by molar-refractivity contribution is 4.96. The molecule has 0 aromatic heterocycles. The minimum Gasteiger partial charge on any atom is -0.313 e. The Morgan fingerprint density at radius 2 is 2.00 bits per heavy atom. The average molecular weight is 200 g/mol. The van der Waals surface area contributed by atoms with Crippen LogP contribution in [0.1, 0.15) is 38.5 Å². The lowest BCUT2D eigenvalue weighted by Gasteiger charge is -2.37. The van der Waals surface area contributed by atoms with Crippen LogP contribution < -0.4 is 10.6 Å². The Morgan fingerprint density at radius 1 is 1.07 bits per heavy atom. The summed E-state index contributed by atoms with van der Waals surface area (Å²) in [7, 11) is 0. The third-order valence-electron chi connectivity index (χ3n) is 3.55. The van der Waals surface area contributed by atoms with E-state index in [1.165, 1.54) is 19.3 Å². The first-order valence-electron chi connectivity index (χ1n) is 5.94. The van der Waals surface area contributed by atoms with Gasteiger partial charge in [-0.1, -0.05) is 12.8 Å². The molecule has 2 heterocycles. The topological polar surface area (TPSA) is 24.1 Å². The van der Waals surface area contributed by atoms with Gasteiger partial charge in [0.05, 0.1) is 0 Å². The van der Waals surface area contributed by atoms with Crippen molar-refractivity contribution in [3.63, 3.8) is 0 Å². The molecule has 2 saturated heterocycles. The number of hydrogen-bond acceptors (Lipinski definition) is 2. The molecule has 0 amide bonds. The molecule has 0 aromatic carbocycles. The van der Waals surface area contributed by atoms with Crippen LogP contribution in [0, 0.1) is 0 Å². The zero-order chi connectivity index (χ0) is 9.86. The lowest BCUT2D eigenvalue weighted by Crippen LogP contribution is -2.55. The largest absolute Gasteiger partial charge is 0.313 e. The molecule has 0 radical (unpaired) electrons. The van der Waals surface area contributed by atoms with E-state index in [2.05, 4.69) is 10.6 Å². The first kappa shape index (κ1) is 10.4. The van der Waals surface area contributed by atoms with Crippen LogP contribution in [0.3, 0.4) is 0 Å². The zero-order valence-electron chi connectivity index (χ0n) is 8.82. The lowest BCUT2D eigenvalue weighted by atomic mass is 9.86. The summed E-state index contributed by atoms with van der Waals surface area (Å²) in [5, 5.41) is 6.55. The van der Waals surface area contributed by atoms with Crippen LogP contribution in [0.25, 0.3) is 0 Å². The smallest absolute Gasteiger partial charge is 0.138 e. The first-order valence-corrected chi connectivity index (χ1v) is 5.94. The Balaban J connectivity index is 1.95. The van der Waals surface area contributed by atoms with E-state index in [0.29, 0.717) is 6.54 Å². The van der Waals surface area contributed by atoms with Gasteiger partial charge in [-0.05, 0) is 38.8 Å². The van der Waals surface area contributed by atoms with Crippen LogP contribution in [0.5, 0.6) is 0 Å². The van der Waals surface area contributed by atoms with Crippen molar-refractivity contribution in [1.82, 2.24) is 10.6 Å². The Kier molecular flexibility index (Phi) is 3.39. The monoisotopic (exact) mass is 200 g/mol. The van der Waals surface area contributed by atoms with E-state index in [0.717, 1.165) is 32.4 Å². The van der Waals surface area contributed by atoms with Crippen LogP contribution in [0.4, 0.5) is 4.39 Å². The molecule has 2 nitrogen and oxygen atoms in total. The third-order valence-corrected chi connectivity index (χ3v) is 3.55. The zero-order valence-corrected chi connectivity index (χ0v) is 8.82. The average Bonchev–Trinajstić information content (AvgIpc) is 2.47. The highest BCUT2D eigenvalue weighted by Crippen LogP contribution is 2.29. The molecule has 82 valence electrons. The quantitative estimate of drug-likeness (QED) is 0.672. The number of nitrogens with one attached hydrogen (secondary N) is 2. The summed E-state index contributed by atoms with van der Waals surface area (Å²) in [5.41, 5.74) is -0.984. The fraction of sp³-hybridized carbons (Fsp3) is 1.00. The van der Waals surface area contributed by atoms with E-state index in [1.807, 2.05) is 0 Å². The summed E-state index contributed by atoms with van der Waals surface area (Å²) >= 11 is 0.